The van der Waals surface area contributed by atoms with E-state index in [-0.39, 0.29) is 24.5 Å². The van der Waals surface area contributed by atoms with Crippen molar-refractivity contribution in [2.45, 2.75) is 6.54 Å². The van der Waals surface area contributed by atoms with E-state index in [0.29, 0.717) is 27.0 Å². The van der Waals surface area contributed by atoms with Crippen LogP contribution in [-0.2, 0) is 11.3 Å². The van der Waals surface area contributed by atoms with Crippen LogP contribution in [0.5, 0.6) is 11.5 Å². The fourth-order valence-corrected chi connectivity index (χ4v) is 3.55. The molecule has 6 nitrogen and oxygen atoms in total. The normalized spacial score (nSPS) is 17.6. The van der Waals surface area contributed by atoms with Gasteiger partial charge in [0.25, 0.3) is 11.1 Å². The molecule has 0 spiro atoms. The van der Waals surface area contributed by atoms with Gasteiger partial charge in [0, 0.05) is 23.5 Å². The van der Waals surface area contributed by atoms with Crippen molar-refractivity contribution in [2.75, 3.05) is 6.79 Å². The summed E-state index contributed by atoms with van der Waals surface area (Å²) in [6.45, 7) is 0.208. The SMILES string of the molecule is O=C1S/C(=C\c2ccncc2)C(=O)N1Cc1cc2c(cc1Cl)OCO2. The smallest absolute Gasteiger partial charge is 0.293 e. The van der Waals surface area contributed by atoms with Crippen molar-refractivity contribution in [1.82, 2.24) is 9.88 Å². The molecule has 0 unspecified atom stereocenters. The molecule has 0 N–H and O–H groups in total. The summed E-state index contributed by atoms with van der Waals surface area (Å²) in [6, 6.07) is 6.86. The highest BCUT2D eigenvalue weighted by molar-refractivity contribution is 8.18. The molecular formula is C17H11ClN2O4S. The lowest BCUT2D eigenvalue weighted by Crippen LogP contribution is -2.27. The van der Waals surface area contributed by atoms with E-state index < -0.39 is 0 Å². The molecule has 0 radical (unpaired) electrons. The lowest BCUT2D eigenvalue weighted by Gasteiger charge is -2.14. The Bertz CT molecular complexity index is 901. The molecule has 0 saturated carbocycles. The number of aromatic nitrogens is 1. The lowest BCUT2D eigenvalue weighted by molar-refractivity contribution is -0.123. The Balaban J connectivity index is 1.59. The van der Waals surface area contributed by atoms with Crippen molar-refractivity contribution < 1.29 is 19.1 Å². The van der Waals surface area contributed by atoms with Gasteiger partial charge in [0.1, 0.15) is 0 Å². The first-order valence-corrected chi connectivity index (χ1v) is 8.54. The van der Waals surface area contributed by atoms with Crippen molar-refractivity contribution >= 4 is 40.6 Å². The van der Waals surface area contributed by atoms with E-state index in [1.165, 1.54) is 4.90 Å². The second-order valence-electron chi connectivity index (χ2n) is 5.35. The Morgan fingerprint density at radius 2 is 1.92 bits per heavy atom. The molecule has 8 heteroatoms. The van der Waals surface area contributed by atoms with Crippen molar-refractivity contribution in [1.29, 1.82) is 0 Å². The molecule has 1 aromatic carbocycles. The fraction of sp³-hybridized carbons (Fsp3) is 0.118. The van der Waals surface area contributed by atoms with Gasteiger partial charge in [0.05, 0.1) is 11.4 Å². The van der Waals surface area contributed by atoms with Crippen LogP contribution in [0.2, 0.25) is 5.02 Å². The van der Waals surface area contributed by atoms with Gasteiger partial charge < -0.3 is 9.47 Å². The average Bonchev–Trinajstić information content (AvgIpc) is 3.15. The van der Waals surface area contributed by atoms with Crippen molar-refractivity contribution in [3.63, 3.8) is 0 Å². The zero-order valence-electron chi connectivity index (χ0n) is 12.8. The molecule has 2 aliphatic heterocycles. The summed E-state index contributed by atoms with van der Waals surface area (Å²) in [7, 11) is 0. The van der Waals surface area contributed by atoms with E-state index in [2.05, 4.69) is 4.98 Å². The third-order valence-electron chi connectivity index (χ3n) is 3.75. The Hall–Kier alpha value is -2.51. The minimum absolute atomic E-state index is 0.0772. The Kier molecular flexibility index (Phi) is 4.10. The minimum Gasteiger partial charge on any atom is -0.454 e. The molecule has 25 heavy (non-hydrogen) atoms. The zero-order chi connectivity index (χ0) is 17.4. The molecule has 0 bridgehead atoms. The van der Waals surface area contributed by atoms with E-state index in [1.807, 2.05) is 0 Å². The number of carbonyl (C=O) groups excluding carboxylic acids is 2. The van der Waals surface area contributed by atoms with E-state index in [1.54, 1.807) is 42.7 Å². The number of halogens is 1. The summed E-state index contributed by atoms with van der Waals surface area (Å²) in [4.78, 5) is 30.3. The highest BCUT2D eigenvalue weighted by Crippen LogP contribution is 2.39. The molecule has 1 saturated heterocycles. The molecule has 2 aromatic rings. The summed E-state index contributed by atoms with van der Waals surface area (Å²) < 4.78 is 10.6. The molecule has 126 valence electrons. The van der Waals surface area contributed by atoms with Crippen LogP contribution in [0.1, 0.15) is 11.1 Å². The van der Waals surface area contributed by atoms with Crippen LogP contribution in [0.3, 0.4) is 0 Å². The first kappa shape index (κ1) is 16.0. The highest BCUT2D eigenvalue weighted by Gasteiger charge is 2.35. The molecule has 0 atom stereocenters. The summed E-state index contributed by atoms with van der Waals surface area (Å²) in [5.74, 6) is 0.764. The maximum absolute atomic E-state index is 12.6. The second kappa shape index (κ2) is 6.42. The van der Waals surface area contributed by atoms with Crippen LogP contribution in [-0.4, -0.2) is 27.8 Å². The number of hydrogen-bond acceptors (Lipinski definition) is 6. The van der Waals surface area contributed by atoms with Gasteiger partial charge in [-0.25, -0.2) is 0 Å². The standard InChI is InChI=1S/C17H11ClN2O4S/c18-12-7-14-13(23-9-24-14)6-11(12)8-20-16(21)15(25-17(20)22)5-10-1-3-19-4-2-10/h1-7H,8-9H2/b15-5-. The number of fused-ring (bicyclic) bond motifs is 1. The predicted octanol–water partition coefficient (Wildman–Crippen LogP) is 3.70. The van der Waals surface area contributed by atoms with Crippen LogP contribution in [0.4, 0.5) is 4.79 Å². The number of ether oxygens (including phenoxy) is 2. The van der Waals surface area contributed by atoms with Crippen molar-refractivity contribution in [2.24, 2.45) is 0 Å². The van der Waals surface area contributed by atoms with Gasteiger partial charge in [0.15, 0.2) is 11.5 Å². The molecule has 1 fully saturated rings. The first-order valence-electron chi connectivity index (χ1n) is 7.35. The summed E-state index contributed by atoms with van der Waals surface area (Å²) in [5.41, 5.74) is 1.43. The second-order valence-corrected chi connectivity index (χ2v) is 6.75. The number of imide groups is 1. The van der Waals surface area contributed by atoms with Crippen molar-refractivity contribution in [3.05, 3.63) is 57.7 Å². The number of hydrogen-bond donors (Lipinski definition) is 0. The number of rotatable bonds is 3. The maximum atomic E-state index is 12.6. The van der Waals surface area contributed by atoms with Gasteiger partial charge in [-0.1, -0.05) is 11.6 Å². The minimum atomic E-state index is -0.347. The van der Waals surface area contributed by atoms with Crippen LogP contribution in [0.15, 0.2) is 41.6 Å². The molecule has 3 heterocycles. The third kappa shape index (κ3) is 3.08. The van der Waals surface area contributed by atoms with Crippen LogP contribution in [0.25, 0.3) is 6.08 Å². The van der Waals surface area contributed by atoms with E-state index in [0.717, 1.165) is 17.3 Å². The molecule has 0 aliphatic carbocycles. The van der Waals surface area contributed by atoms with Gasteiger partial charge in [0.2, 0.25) is 6.79 Å². The Labute approximate surface area is 152 Å². The summed E-state index contributed by atoms with van der Waals surface area (Å²) in [6.07, 6.45) is 4.93. The van der Waals surface area contributed by atoms with Crippen LogP contribution < -0.4 is 9.47 Å². The maximum Gasteiger partial charge on any atom is 0.293 e. The summed E-state index contributed by atoms with van der Waals surface area (Å²) >= 11 is 7.14. The Morgan fingerprint density at radius 1 is 1.20 bits per heavy atom. The molecule has 1 aromatic heterocycles. The number of amides is 2. The van der Waals surface area contributed by atoms with Gasteiger partial charge >= 0.3 is 0 Å². The topological polar surface area (TPSA) is 68.7 Å². The molecule has 4 rings (SSSR count). The van der Waals surface area contributed by atoms with Gasteiger partial charge in [-0.3, -0.25) is 19.5 Å². The predicted molar refractivity (Wildman–Crippen MR) is 93.3 cm³/mol. The van der Waals surface area contributed by atoms with Gasteiger partial charge in [-0.15, -0.1) is 0 Å². The van der Waals surface area contributed by atoms with E-state index in [4.69, 9.17) is 21.1 Å². The molecule has 2 amide bonds. The number of pyridine rings is 1. The van der Waals surface area contributed by atoms with Gasteiger partial charge in [-0.2, -0.15) is 0 Å². The molecular weight excluding hydrogens is 364 g/mol. The van der Waals surface area contributed by atoms with E-state index in [9.17, 15) is 9.59 Å². The van der Waals surface area contributed by atoms with Crippen molar-refractivity contribution in [3.8, 4) is 11.5 Å². The largest absolute Gasteiger partial charge is 0.454 e. The van der Waals surface area contributed by atoms with E-state index >= 15 is 0 Å². The fourth-order valence-electron chi connectivity index (χ4n) is 2.50. The lowest BCUT2D eigenvalue weighted by atomic mass is 10.2. The van der Waals surface area contributed by atoms with Crippen LogP contribution in [0, 0.1) is 0 Å². The number of thioether (sulfide) groups is 1. The molecule has 2 aliphatic rings. The van der Waals surface area contributed by atoms with Crippen LogP contribution >= 0.6 is 23.4 Å². The zero-order valence-corrected chi connectivity index (χ0v) is 14.3. The Morgan fingerprint density at radius 3 is 2.68 bits per heavy atom. The highest BCUT2D eigenvalue weighted by atomic mass is 35.5. The third-order valence-corrected chi connectivity index (χ3v) is 5.01. The monoisotopic (exact) mass is 374 g/mol. The number of benzene rings is 1. The van der Waals surface area contributed by atoms with Gasteiger partial charge in [-0.05, 0) is 47.2 Å². The summed E-state index contributed by atoms with van der Waals surface area (Å²) in [5, 5.41) is 0.0838. The quantitative estimate of drug-likeness (QED) is 0.763. The number of nitrogens with zero attached hydrogens (tertiary/aromatic N) is 2. The first-order chi connectivity index (χ1) is 12.1. The average molecular weight is 375 g/mol. The number of carbonyl (C=O) groups is 2.